The molecule has 0 aliphatic heterocycles. The maximum atomic E-state index is 13.6. The number of thiazole rings is 1. The minimum atomic E-state index is -0.169. The zero-order valence-electron chi connectivity index (χ0n) is 21.9. The minimum absolute atomic E-state index is 0.169. The fourth-order valence-electron chi connectivity index (χ4n) is 4.80. The second-order valence-electron chi connectivity index (χ2n) is 9.32. The van der Waals surface area contributed by atoms with Crippen LogP contribution in [0.5, 0.6) is 0 Å². The highest BCUT2D eigenvalue weighted by Gasteiger charge is 2.17. The van der Waals surface area contributed by atoms with Crippen LogP contribution in [-0.2, 0) is 7.05 Å². The summed E-state index contributed by atoms with van der Waals surface area (Å²) in [5, 5.41) is 9.44. The van der Waals surface area contributed by atoms with Crippen molar-refractivity contribution in [3.8, 4) is 16.9 Å². The monoisotopic (exact) mass is 529 g/mol. The Bertz CT molecular complexity index is 1950. The lowest BCUT2D eigenvalue weighted by molar-refractivity contribution is 0.630. The standard InChI is InChI=1S/C32H27N5OS/c1-22(27-20-12-16-24-13-10-11-19-28(24)27)34-36-29(25-14-6-4-7-15-25)21-39-32(36)33-30-23(2)35(3)37(31(30)38)26-17-8-5-9-18-26/h4-21H,1-3H3. The third kappa shape index (κ3) is 4.47. The van der Waals surface area contributed by atoms with Gasteiger partial charge in [-0.2, -0.15) is 5.10 Å². The van der Waals surface area contributed by atoms with E-state index >= 15 is 0 Å². The van der Waals surface area contributed by atoms with E-state index in [0.29, 0.717) is 10.5 Å². The number of aromatic nitrogens is 3. The Morgan fingerprint density at radius 1 is 0.821 bits per heavy atom. The van der Waals surface area contributed by atoms with E-state index in [9.17, 15) is 4.79 Å². The van der Waals surface area contributed by atoms with Gasteiger partial charge < -0.3 is 0 Å². The fourth-order valence-corrected chi connectivity index (χ4v) is 5.64. The molecule has 6 rings (SSSR count). The molecule has 4 aromatic carbocycles. The number of hydrogen-bond acceptors (Lipinski definition) is 4. The fraction of sp³-hybridized carbons (Fsp3) is 0.0938. The van der Waals surface area contributed by atoms with Gasteiger partial charge in [0.25, 0.3) is 5.56 Å². The molecule has 0 aliphatic rings. The Kier molecular flexibility index (Phi) is 6.42. The van der Waals surface area contributed by atoms with Crippen molar-refractivity contribution in [2.24, 2.45) is 17.1 Å². The van der Waals surface area contributed by atoms with Gasteiger partial charge in [0, 0.05) is 23.6 Å². The topological polar surface area (TPSA) is 56.6 Å². The molecule has 7 heteroatoms. The summed E-state index contributed by atoms with van der Waals surface area (Å²) in [7, 11) is 1.88. The van der Waals surface area contributed by atoms with Crippen LogP contribution in [0.1, 0.15) is 18.2 Å². The van der Waals surface area contributed by atoms with Gasteiger partial charge in [0.2, 0.25) is 4.80 Å². The third-order valence-electron chi connectivity index (χ3n) is 6.92. The van der Waals surface area contributed by atoms with Crippen molar-refractivity contribution in [2.45, 2.75) is 13.8 Å². The molecule has 192 valence electrons. The molecule has 0 bridgehead atoms. The predicted octanol–water partition coefficient (Wildman–Crippen LogP) is 6.67. The summed E-state index contributed by atoms with van der Waals surface area (Å²) in [6, 6.07) is 34.3. The van der Waals surface area contributed by atoms with Crippen molar-refractivity contribution < 1.29 is 0 Å². The van der Waals surface area contributed by atoms with Gasteiger partial charge in [-0.25, -0.2) is 14.4 Å². The van der Waals surface area contributed by atoms with Gasteiger partial charge in [-0.3, -0.25) is 9.48 Å². The first-order valence-electron chi connectivity index (χ1n) is 12.7. The van der Waals surface area contributed by atoms with E-state index < -0.39 is 0 Å². The van der Waals surface area contributed by atoms with Crippen LogP contribution in [-0.4, -0.2) is 19.8 Å². The second kappa shape index (κ2) is 10.2. The molecule has 0 radical (unpaired) electrons. The first-order chi connectivity index (χ1) is 19.0. The Labute approximate surface area is 230 Å². The molecule has 0 spiro atoms. The van der Waals surface area contributed by atoms with Crippen LogP contribution in [0, 0.1) is 6.92 Å². The lowest BCUT2D eigenvalue weighted by Crippen LogP contribution is -2.20. The first kappa shape index (κ1) is 24.6. The molecular weight excluding hydrogens is 502 g/mol. The van der Waals surface area contributed by atoms with Gasteiger partial charge in [0.15, 0.2) is 5.69 Å². The van der Waals surface area contributed by atoms with E-state index in [1.54, 1.807) is 4.68 Å². The van der Waals surface area contributed by atoms with Crippen molar-refractivity contribution in [1.29, 1.82) is 0 Å². The van der Waals surface area contributed by atoms with Crippen LogP contribution in [0.4, 0.5) is 5.69 Å². The third-order valence-corrected chi connectivity index (χ3v) is 7.73. The molecule has 0 atom stereocenters. The molecule has 0 amide bonds. The molecule has 6 aromatic rings. The molecule has 2 heterocycles. The zero-order valence-corrected chi connectivity index (χ0v) is 22.8. The summed E-state index contributed by atoms with van der Waals surface area (Å²) >= 11 is 1.47. The summed E-state index contributed by atoms with van der Waals surface area (Å²) < 4.78 is 5.35. The Morgan fingerprint density at radius 2 is 1.49 bits per heavy atom. The van der Waals surface area contributed by atoms with E-state index in [2.05, 4.69) is 42.5 Å². The minimum Gasteiger partial charge on any atom is -0.283 e. The lowest BCUT2D eigenvalue weighted by Gasteiger charge is -2.09. The van der Waals surface area contributed by atoms with Gasteiger partial charge in [0.05, 0.1) is 22.8 Å². The number of nitrogens with zero attached hydrogens (tertiary/aromatic N) is 5. The van der Waals surface area contributed by atoms with Gasteiger partial charge in [-0.05, 0) is 36.8 Å². The summed E-state index contributed by atoms with van der Waals surface area (Å²) in [5.41, 5.74) is 5.65. The molecule has 0 aliphatic carbocycles. The maximum Gasteiger partial charge on any atom is 0.297 e. The molecule has 39 heavy (non-hydrogen) atoms. The normalized spacial score (nSPS) is 12.4. The molecule has 0 saturated heterocycles. The Morgan fingerprint density at radius 3 is 2.26 bits per heavy atom. The van der Waals surface area contributed by atoms with Crippen molar-refractivity contribution in [3.05, 3.63) is 135 Å². The maximum absolute atomic E-state index is 13.6. The van der Waals surface area contributed by atoms with Gasteiger partial charge in [0.1, 0.15) is 0 Å². The van der Waals surface area contributed by atoms with Gasteiger partial charge in [-0.1, -0.05) is 91.0 Å². The summed E-state index contributed by atoms with van der Waals surface area (Å²) in [5.74, 6) is 0. The summed E-state index contributed by atoms with van der Waals surface area (Å²) in [6.45, 7) is 3.93. The SMILES string of the molecule is CC(=Nn1c(-c2ccccc2)csc1=Nc1c(C)n(C)n(-c2ccccc2)c1=O)c1cccc2ccccc12. The summed E-state index contributed by atoms with van der Waals surface area (Å²) in [6.07, 6.45) is 0. The molecule has 0 fully saturated rings. The zero-order chi connectivity index (χ0) is 26.9. The van der Waals surface area contributed by atoms with Crippen molar-refractivity contribution in [2.75, 3.05) is 0 Å². The van der Waals surface area contributed by atoms with E-state index in [4.69, 9.17) is 10.1 Å². The number of hydrogen-bond donors (Lipinski definition) is 0. The van der Waals surface area contributed by atoms with Crippen LogP contribution >= 0.6 is 11.3 Å². The lowest BCUT2D eigenvalue weighted by atomic mass is 10.0. The second-order valence-corrected chi connectivity index (χ2v) is 10.2. The molecule has 0 unspecified atom stereocenters. The van der Waals surface area contributed by atoms with E-state index in [1.165, 1.54) is 11.3 Å². The van der Waals surface area contributed by atoms with E-state index in [-0.39, 0.29) is 5.56 Å². The van der Waals surface area contributed by atoms with Crippen LogP contribution in [0.2, 0.25) is 0 Å². The number of para-hydroxylation sites is 1. The highest BCUT2D eigenvalue weighted by Crippen LogP contribution is 2.23. The smallest absolute Gasteiger partial charge is 0.283 e. The highest BCUT2D eigenvalue weighted by atomic mass is 32.1. The van der Waals surface area contributed by atoms with Crippen LogP contribution in [0.25, 0.3) is 27.7 Å². The van der Waals surface area contributed by atoms with Gasteiger partial charge in [-0.15, -0.1) is 11.3 Å². The largest absolute Gasteiger partial charge is 0.297 e. The first-order valence-corrected chi connectivity index (χ1v) is 13.6. The van der Waals surface area contributed by atoms with Crippen LogP contribution in [0.3, 0.4) is 0 Å². The molecule has 0 saturated carbocycles. The molecular formula is C32H27N5OS. The van der Waals surface area contributed by atoms with E-state index in [0.717, 1.165) is 44.7 Å². The van der Waals surface area contributed by atoms with Crippen LogP contribution in [0.15, 0.2) is 123 Å². The highest BCUT2D eigenvalue weighted by molar-refractivity contribution is 7.07. The number of rotatable bonds is 5. The number of benzene rings is 4. The molecule has 0 N–H and O–H groups in total. The Hall–Kier alpha value is -4.75. The summed E-state index contributed by atoms with van der Waals surface area (Å²) in [4.78, 5) is 19.1. The van der Waals surface area contributed by atoms with Crippen molar-refractivity contribution in [1.82, 2.24) is 14.0 Å². The average Bonchev–Trinajstić information content (AvgIpc) is 3.46. The van der Waals surface area contributed by atoms with Crippen molar-refractivity contribution >= 4 is 33.5 Å². The average molecular weight is 530 g/mol. The van der Waals surface area contributed by atoms with Crippen LogP contribution < -0.4 is 10.4 Å². The Balaban J connectivity index is 1.58. The van der Waals surface area contributed by atoms with Crippen molar-refractivity contribution in [3.63, 3.8) is 0 Å². The quantitative estimate of drug-likeness (QED) is 0.230. The molecule has 6 nitrogen and oxygen atoms in total. The number of fused-ring (bicyclic) bond motifs is 1. The predicted molar refractivity (Wildman–Crippen MR) is 160 cm³/mol. The molecule has 2 aromatic heterocycles. The van der Waals surface area contributed by atoms with Gasteiger partial charge >= 0.3 is 0 Å². The van der Waals surface area contributed by atoms with E-state index in [1.807, 2.05) is 96.3 Å².